The van der Waals surface area contributed by atoms with E-state index in [-0.39, 0.29) is 0 Å². The van der Waals surface area contributed by atoms with E-state index >= 15 is 0 Å². The molecule has 1 aromatic rings. The molecule has 0 atom stereocenters. The Morgan fingerprint density at radius 1 is 1.36 bits per heavy atom. The molecule has 78 valence electrons. The number of benzene rings is 1. The van der Waals surface area contributed by atoms with E-state index < -0.39 is 0 Å². The molecule has 0 amide bonds. The van der Waals surface area contributed by atoms with E-state index in [1.807, 2.05) is 0 Å². The van der Waals surface area contributed by atoms with Gasteiger partial charge in [0.1, 0.15) is 0 Å². The molecular formula is C9H12Cl2N2O. The Bertz CT molecular complexity index is 295. The van der Waals surface area contributed by atoms with Gasteiger partial charge in [-0.25, -0.2) is 0 Å². The lowest BCUT2D eigenvalue weighted by molar-refractivity contribution is 0.211. The standard InChI is InChI=1S/C9H12Cl2N2O/c1-14-3-2-13-9-7(10)4-6(12)5-8(9)11/h4-5,13H,2-3,12H2,1H3. The Labute approximate surface area is 93.1 Å². The van der Waals surface area contributed by atoms with E-state index in [9.17, 15) is 0 Å². The van der Waals surface area contributed by atoms with Gasteiger partial charge in [-0.1, -0.05) is 23.2 Å². The minimum atomic E-state index is 0.520. The number of halogens is 2. The van der Waals surface area contributed by atoms with Crippen LogP contribution in [0.25, 0.3) is 0 Å². The number of methoxy groups -OCH3 is 1. The zero-order chi connectivity index (χ0) is 10.6. The van der Waals surface area contributed by atoms with Gasteiger partial charge in [-0.05, 0) is 12.1 Å². The third-order valence-corrected chi connectivity index (χ3v) is 2.27. The van der Waals surface area contributed by atoms with E-state index in [0.717, 1.165) is 0 Å². The molecule has 0 heterocycles. The molecule has 0 radical (unpaired) electrons. The van der Waals surface area contributed by atoms with Crippen molar-refractivity contribution in [1.82, 2.24) is 0 Å². The fraction of sp³-hybridized carbons (Fsp3) is 0.333. The SMILES string of the molecule is COCCNc1c(Cl)cc(N)cc1Cl. The summed E-state index contributed by atoms with van der Waals surface area (Å²) in [5.74, 6) is 0. The first-order valence-corrected chi connectivity index (χ1v) is 4.88. The Balaban J connectivity index is 2.75. The minimum absolute atomic E-state index is 0.520. The van der Waals surface area contributed by atoms with Gasteiger partial charge in [0.05, 0.1) is 22.3 Å². The summed E-state index contributed by atoms with van der Waals surface area (Å²) in [6.45, 7) is 1.25. The maximum atomic E-state index is 5.95. The summed E-state index contributed by atoms with van der Waals surface area (Å²) in [7, 11) is 1.63. The second-order valence-electron chi connectivity index (χ2n) is 2.78. The minimum Gasteiger partial charge on any atom is -0.399 e. The van der Waals surface area contributed by atoms with Gasteiger partial charge >= 0.3 is 0 Å². The van der Waals surface area contributed by atoms with Crippen LogP contribution >= 0.6 is 23.2 Å². The van der Waals surface area contributed by atoms with Crippen LogP contribution < -0.4 is 11.1 Å². The third kappa shape index (κ3) is 2.94. The fourth-order valence-electron chi connectivity index (χ4n) is 1.04. The van der Waals surface area contributed by atoms with Gasteiger partial charge in [-0.15, -0.1) is 0 Å². The van der Waals surface area contributed by atoms with Crippen molar-refractivity contribution in [3.05, 3.63) is 22.2 Å². The fourth-order valence-corrected chi connectivity index (χ4v) is 1.68. The number of nitrogens with one attached hydrogen (secondary N) is 1. The topological polar surface area (TPSA) is 47.3 Å². The summed E-state index contributed by atoms with van der Waals surface area (Å²) >= 11 is 11.9. The Morgan fingerprint density at radius 2 is 1.93 bits per heavy atom. The first-order chi connectivity index (χ1) is 6.65. The van der Waals surface area contributed by atoms with Crippen molar-refractivity contribution in [2.75, 3.05) is 31.3 Å². The van der Waals surface area contributed by atoms with E-state index in [4.69, 9.17) is 33.7 Å². The quantitative estimate of drug-likeness (QED) is 0.622. The number of hydrogen-bond donors (Lipinski definition) is 2. The zero-order valence-electron chi connectivity index (χ0n) is 7.81. The molecular weight excluding hydrogens is 223 g/mol. The highest BCUT2D eigenvalue weighted by atomic mass is 35.5. The lowest BCUT2D eigenvalue weighted by Crippen LogP contribution is -2.08. The molecule has 0 fully saturated rings. The van der Waals surface area contributed by atoms with Crippen molar-refractivity contribution >= 4 is 34.6 Å². The van der Waals surface area contributed by atoms with Gasteiger partial charge in [0.15, 0.2) is 0 Å². The van der Waals surface area contributed by atoms with E-state index in [1.165, 1.54) is 0 Å². The van der Waals surface area contributed by atoms with Gasteiger partial charge in [0.2, 0.25) is 0 Å². The van der Waals surface area contributed by atoms with Crippen molar-refractivity contribution in [3.8, 4) is 0 Å². The van der Waals surface area contributed by atoms with Crippen molar-refractivity contribution < 1.29 is 4.74 Å². The molecule has 0 saturated carbocycles. The molecule has 1 aromatic carbocycles. The summed E-state index contributed by atoms with van der Waals surface area (Å²) in [6.07, 6.45) is 0. The smallest absolute Gasteiger partial charge is 0.0721 e. The Morgan fingerprint density at radius 3 is 2.43 bits per heavy atom. The molecule has 5 heteroatoms. The second-order valence-corrected chi connectivity index (χ2v) is 3.59. The van der Waals surface area contributed by atoms with Crippen LogP contribution in [0.3, 0.4) is 0 Å². The predicted molar refractivity (Wildman–Crippen MR) is 61.2 cm³/mol. The maximum absolute atomic E-state index is 5.95. The van der Waals surface area contributed by atoms with Crippen molar-refractivity contribution in [2.24, 2.45) is 0 Å². The highest BCUT2D eigenvalue weighted by Crippen LogP contribution is 2.32. The van der Waals surface area contributed by atoms with E-state index in [0.29, 0.717) is 34.6 Å². The summed E-state index contributed by atoms with van der Waals surface area (Å²) in [5, 5.41) is 4.10. The Kier molecular flexibility index (Phi) is 4.32. The predicted octanol–water partition coefficient (Wildman–Crippen LogP) is 2.63. The average molecular weight is 235 g/mol. The summed E-state index contributed by atoms with van der Waals surface area (Å²) < 4.78 is 4.89. The molecule has 3 nitrogen and oxygen atoms in total. The molecule has 0 bridgehead atoms. The Hall–Kier alpha value is -0.640. The van der Waals surface area contributed by atoms with Crippen LogP contribution in [0.5, 0.6) is 0 Å². The lowest BCUT2D eigenvalue weighted by atomic mass is 10.3. The maximum Gasteiger partial charge on any atom is 0.0721 e. The second kappa shape index (κ2) is 5.29. The molecule has 0 saturated heterocycles. The highest BCUT2D eigenvalue weighted by molar-refractivity contribution is 6.39. The normalized spacial score (nSPS) is 10.2. The molecule has 0 aliphatic carbocycles. The first kappa shape index (κ1) is 11.4. The lowest BCUT2D eigenvalue weighted by Gasteiger charge is -2.10. The van der Waals surface area contributed by atoms with Crippen LogP contribution in [0.4, 0.5) is 11.4 Å². The van der Waals surface area contributed by atoms with Crippen LogP contribution in [0.15, 0.2) is 12.1 Å². The number of rotatable bonds is 4. The van der Waals surface area contributed by atoms with Crippen LogP contribution in [0.2, 0.25) is 10.0 Å². The van der Waals surface area contributed by atoms with E-state index in [1.54, 1.807) is 19.2 Å². The molecule has 0 aromatic heterocycles. The van der Waals surface area contributed by atoms with E-state index in [2.05, 4.69) is 5.32 Å². The van der Waals surface area contributed by atoms with Gasteiger partial charge in [-0.2, -0.15) is 0 Å². The highest BCUT2D eigenvalue weighted by Gasteiger charge is 2.05. The van der Waals surface area contributed by atoms with Crippen molar-refractivity contribution in [2.45, 2.75) is 0 Å². The number of anilines is 2. The summed E-state index contributed by atoms with van der Waals surface area (Å²) in [6, 6.07) is 3.31. The number of hydrogen-bond acceptors (Lipinski definition) is 3. The molecule has 0 aliphatic heterocycles. The molecule has 0 aliphatic rings. The number of nitrogen functional groups attached to an aromatic ring is 1. The van der Waals surface area contributed by atoms with Crippen LogP contribution in [0.1, 0.15) is 0 Å². The van der Waals surface area contributed by atoms with Gasteiger partial charge in [0, 0.05) is 19.3 Å². The van der Waals surface area contributed by atoms with Gasteiger partial charge in [-0.3, -0.25) is 0 Å². The first-order valence-electron chi connectivity index (χ1n) is 4.12. The monoisotopic (exact) mass is 234 g/mol. The average Bonchev–Trinajstić information content (AvgIpc) is 2.09. The van der Waals surface area contributed by atoms with Crippen molar-refractivity contribution in [1.29, 1.82) is 0 Å². The van der Waals surface area contributed by atoms with Crippen LogP contribution in [-0.2, 0) is 4.74 Å². The number of nitrogens with two attached hydrogens (primary N) is 1. The molecule has 1 rings (SSSR count). The molecule has 0 unspecified atom stereocenters. The molecule has 14 heavy (non-hydrogen) atoms. The largest absolute Gasteiger partial charge is 0.399 e. The molecule has 3 N–H and O–H groups in total. The van der Waals surface area contributed by atoms with Gasteiger partial charge in [0.25, 0.3) is 0 Å². The number of ether oxygens (including phenoxy) is 1. The summed E-state index contributed by atoms with van der Waals surface area (Å²) in [5.41, 5.74) is 6.81. The summed E-state index contributed by atoms with van der Waals surface area (Å²) in [4.78, 5) is 0. The van der Waals surface area contributed by atoms with Crippen LogP contribution in [0, 0.1) is 0 Å². The third-order valence-electron chi connectivity index (χ3n) is 1.67. The zero-order valence-corrected chi connectivity index (χ0v) is 9.32. The van der Waals surface area contributed by atoms with Gasteiger partial charge < -0.3 is 15.8 Å². The van der Waals surface area contributed by atoms with Crippen LogP contribution in [-0.4, -0.2) is 20.3 Å². The molecule has 0 spiro atoms. The van der Waals surface area contributed by atoms with Crippen molar-refractivity contribution in [3.63, 3.8) is 0 Å².